The standard InChI is InChI=1S/C19H22N2O3/c1-12-6-7-13(2)17(10-12)14(3)20-21-19(22)16-9-8-15(23-4)11-18(16)24-5/h6-11H,1-5H3,(H,21,22)/b20-14-. The molecule has 126 valence electrons. The number of carbonyl (C=O) groups is 1. The molecule has 0 aliphatic rings. The van der Waals surface area contributed by atoms with Crippen molar-refractivity contribution in [3.05, 3.63) is 58.7 Å². The number of nitrogens with one attached hydrogen (secondary N) is 1. The van der Waals surface area contributed by atoms with E-state index in [-0.39, 0.29) is 5.91 Å². The Hall–Kier alpha value is -2.82. The number of methoxy groups -OCH3 is 2. The minimum absolute atomic E-state index is 0.334. The van der Waals surface area contributed by atoms with E-state index in [0.717, 1.165) is 22.4 Å². The van der Waals surface area contributed by atoms with E-state index in [1.807, 2.05) is 39.0 Å². The SMILES string of the molecule is COc1ccc(C(=O)N/N=C(/C)c2cc(C)ccc2C)c(OC)c1. The number of hydrogen-bond donors (Lipinski definition) is 1. The molecule has 0 aliphatic heterocycles. The molecule has 2 aromatic rings. The first-order valence-corrected chi connectivity index (χ1v) is 7.60. The van der Waals surface area contributed by atoms with Gasteiger partial charge >= 0.3 is 0 Å². The molecule has 0 aliphatic carbocycles. The van der Waals surface area contributed by atoms with Gasteiger partial charge < -0.3 is 9.47 Å². The van der Waals surface area contributed by atoms with Gasteiger partial charge in [0.1, 0.15) is 11.5 Å². The van der Waals surface area contributed by atoms with Gasteiger partial charge in [-0.15, -0.1) is 0 Å². The molecule has 0 heterocycles. The van der Waals surface area contributed by atoms with E-state index >= 15 is 0 Å². The summed E-state index contributed by atoms with van der Waals surface area (Å²) in [4.78, 5) is 12.4. The molecule has 24 heavy (non-hydrogen) atoms. The Balaban J connectivity index is 2.22. The fourth-order valence-corrected chi connectivity index (χ4v) is 2.37. The summed E-state index contributed by atoms with van der Waals surface area (Å²) in [5.41, 5.74) is 7.00. The molecule has 5 heteroatoms. The molecule has 0 spiro atoms. The number of hydrogen-bond acceptors (Lipinski definition) is 4. The monoisotopic (exact) mass is 326 g/mol. The summed E-state index contributed by atoms with van der Waals surface area (Å²) >= 11 is 0. The molecule has 0 saturated carbocycles. The van der Waals surface area contributed by atoms with E-state index in [9.17, 15) is 4.79 Å². The Morgan fingerprint density at radius 3 is 2.42 bits per heavy atom. The van der Waals surface area contributed by atoms with Crippen LogP contribution in [0.4, 0.5) is 0 Å². The van der Waals surface area contributed by atoms with E-state index in [2.05, 4.69) is 10.5 Å². The van der Waals surface area contributed by atoms with E-state index in [1.165, 1.54) is 7.11 Å². The second-order valence-corrected chi connectivity index (χ2v) is 5.52. The van der Waals surface area contributed by atoms with E-state index < -0.39 is 0 Å². The number of nitrogens with zero attached hydrogens (tertiary/aromatic N) is 1. The van der Waals surface area contributed by atoms with Gasteiger partial charge in [0.2, 0.25) is 0 Å². The molecule has 0 unspecified atom stereocenters. The second-order valence-electron chi connectivity index (χ2n) is 5.52. The highest BCUT2D eigenvalue weighted by atomic mass is 16.5. The zero-order valence-electron chi connectivity index (χ0n) is 14.6. The topological polar surface area (TPSA) is 59.9 Å². The van der Waals surface area contributed by atoms with Crippen LogP contribution in [0.3, 0.4) is 0 Å². The van der Waals surface area contributed by atoms with Gasteiger partial charge in [-0.2, -0.15) is 5.10 Å². The zero-order valence-corrected chi connectivity index (χ0v) is 14.6. The lowest BCUT2D eigenvalue weighted by molar-refractivity contribution is 0.0951. The molecule has 1 N–H and O–H groups in total. The Morgan fingerprint density at radius 1 is 1.00 bits per heavy atom. The average Bonchev–Trinajstić information content (AvgIpc) is 2.60. The Labute approximate surface area is 142 Å². The molecule has 5 nitrogen and oxygen atoms in total. The number of aryl methyl sites for hydroxylation is 2. The van der Waals surface area contributed by atoms with Crippen LogP contribution in [0.2, 0.25) is 0 Å². The van der Waals surface area contributed by atoms with Crippen molar-refractivity contribution in [1.29, 1.82) is 0 Å². The van der Waals surface area contributed by atoms with Gasteiger partial charge in [0, 0.05) is 11.6 Å². The normalized spacial score (nSPS) is 11.1. The van der Waals surface area contributed by atoms with Crippen LogP contribution in [-0.4, -0.2) is 25.8 Å². The number of carbonyl (C=O) groups excluding carboxylic acids is 1. The maximum Gasteiger partial charge on any atom is 0.275 e. The molecule has 0 aromatic heterocycles. The van der Waals surface area contributed by atoms with Crippen LogP contribution in [0, 0.1) is 13.8 Å². The lowest BCUT2D eigenvalue weighted by atomic mass is 10.0. The van der Waals surface area contributed by atoms with Crippen molar-refractivity contribution < 1.29 is 14.3 Å². The predicted molar refractivity (Wildman–Crippen MR) is 95.1 cm³/mol. The maximum absolute atomic E-state index is 12.4. The lowest BCUT2D eigenvalue weighted by Crippen LogP contribution is -2.20. The van der Waals surface area contributed by atoms with Gasteiger partial charge in [-0.25, -0.2) is 5.43 Å². The van der Waals surface area contributed by atoms with Crippen molar-refractivity contribution in [3.63, 3.8) is 0 Å². The van der Waals surface area contributed by atoms with E-state index in [4.69, 9.17) is 9.47 Å². The van der Waals surface area contributed by atoms with Crippen LogP contribution in [0.15, 0.2) is 41.5 Å². The minimum atomic E-state index is -0.334. The number of rotatable bonds is 5. The van der Waals surface area contributed by atoms with Gasteiger partial charge in [0.05, 0.1) is 25.5 Å². The third-order valence-electron chi connectivity index (χ3n) is 3.76. The molecule has 2 aromatic carbocycles. The summed E-state index contributed by atoms with van der Waals surface area (Å²) in [5.74, 6) is 0.726. The van der Waals surface area contributed by atoms with Gasteiger partial charge in [-0.05, 0) is 44.5 Å². The molecular weight excluding hydrogens is 304 g/mol. The smallest absolute Gasteiger partial charge is 0.275 e. The average molecular weight is 326 g/mol. The van der Waals surface area contributed by atoms with Crippen LogP contribution < -0.4 is 14.9 Å². The van der Waals surface area contributed by atoms with Crippen molar-refractivity contribution >= 4 is 11.6 Å². The van der Waals surface area contributed by atoms with Crippen molar-refractivity contribution in [2.75, 3.05) is 14.2 Å². The second kappa shape index (κ2) is 7.64. The van der Waals surface area contributed by atoms with Gasteiger partial charge in [-0.3, -0.25) is 4.79 Å². The largest absolute Gasteiger partial charge is 0.497 e. The van der Waals surface area contributed by atoms with E-state index in [0.29, 0.717) is 17.1 Å². The van der Waals surface area contributed by atoms with Crippen LogP contribution in [0.25, 0.3) is 0 Å². The highest BCUT2D eigenvalue weighted by Gasteiger charge is 2.13. The first-order chi connectivity index (χ1) is 11.5. The van der Waals surface area contributed by atoms with Crippen molar-refractivity contribution in [1.82, 2.24) is 5.43 Å². The molecule has 0 radical (unpaired) electrons. The summed E-state index contributed by atoms with van der Waals surface area (Å²) in [5, 5.41) is 4.22. The molecule has 2 rings (SSSR count). The van der Waals surface area contributed by atoms with Crippen LogP contribution in [-0.2, 0) is 0 Å². The van der Waals surface area contributed by atoms with Crippen molar-refractivity contribution in [2.45, 2.75) is 20.8 Å². The lowest BCUT2D eigenvalue weighted by Gasteiger charge is -2.10. The fraction of sp³-hybridized carbons (Fsp3) is 0.263. The Morgan fingerprint density at radius 2 is 1.75 bits per heavy atom. The van der Waals surface area contributed by atoms with Crippen molar-refractivity contribution in [3.8, 4) is 11.5 Å². The summed E-state index contributed by atoms with van der Waals surface area (Å²) in [6.07, 6.45) is 0. The molecular formula is C19H22N2O3. The number of benzene rings is 2. The molecule has 0 saturated heterocycles. The zero-order chi connectivity index (χ0) is 17.7. The molecule has 1 amide bonds. The quantitative estimate of drug-likeness (QED) is 0.676. The van der Waals surface area contributed by atoms with Crippen molar-refractivity contribution in [2.24, 2.45) is 5.10 Å². The Kier molecular flexibility index (Phi) is 5.58. The van der Waals surface area contributed by atoms with Crippen LogP contribution >= 0.6 is 0 Å². The highest BCUT2D eigenvalue weighted by Crippen LogP contribution is 2.24. The summed E-state index contributed by atoms with van der Waals surface area (Å²) in [6.45, 7) is 5.91. The molecule has 0 fully saturated rings. The Bertz CT molecular complexity index is 782. The summed E-state index contributed by atoms with van der Waals surface area (Å²) in [6, 6.07) is 11.2. The van der Waals surface area contributed by atoms with Gasteiger partial charge in [-0.1, -0.05) is 17.7 Å². The number of amides is 1. The van der Waals surface area contributed by atoms with Crippen LogP contribution in [0.1, 0.15) is 34.0 Å². The third kappa shape index (κ3) is 3.93. The summed E-state index contributed by atoms with van der Waals surface area (Å²) < 4.78 is 10.4. The van der Waals surface area contributed by atoms with Gasteiger partial charge in [0.15, 0.2) is 0 Å². The third-order valence-corrected chi connectivity index (χ3v) is 3.76. The summed E-state index contributed by atoms with van der Waals surface area (Å²) in [7, 11) is 3.07. The van der Waals surface area contributed by atoms with E-state index in [1.54, 1.807) is 25.3 Å². The number of ether oxygens (including phenoxy) is 2. The maximum atomic E-state index is 12.4. The van der Waals surface area contributed by atoms with Gasteiger partial charge in [0.25, 0.3) is 5.91 Å². The van der Waals surface area contributed by atoms with Crippen LogP contribution in [0.5, 0.6) is 11.5 Å². The highest BCUT2D eigenvalue weighted by molar-refractivity contribution is 6.02. The fourth-order valence-electron chi connectivity index (χ4n) is 2.37. The minimum Gasteiger partial charge on any atom is -0.497 e. The number of hydrazone groups is 1. The molecule has 0 bridgehead atoms. The first-order valence-electron chi connectivity index (χ1n) is 7.60. The predicted octanol–water partition coefficient (Wildman–Crippen LogP) is 3.47. The first kappa shape index (κ1) is 17.5. The molecule has 0 atom stereocenters.